The van der Waals surface area contributed by atoms with Crippen LogP contribution in [0.15, 0.2) is 225 Å². The van der Waals surface area contributed by atoms with Crippen molar-refractivity contribution in [2.45, 2.75) is 19.3 Å². The van der Waals surface area contributed by atoms with Crippen LogP contribution in [0.3, 0.4) is 0 Å². The Bertz CT molecular complexity index is 3510. The van der Waals surface area contributed by atoms with Crippen molar-refractivity contribution in [2.75, 3.05) is 0 Å². The van der Waals surface area contributed by atoms with Crippen molar-refractivity contribution in [3.63, 3.8) is 0 Å². The van der Waals surface area contributed by atoms with Gasteiger partial charge >= 0.3 is 0 Å². The van der Waals surface area contributed by atoms with Crippen LogP contribution in [0.1, 0.15) is 29.7 Å². The molecular weight excluding hydrogens is 761 g/mol. The van der Waals surface area contributed by atoms with Gasteiger partial charge in [0.2, 0.25) is 0 Å². The first-order valence-corrected chi connectivity index (χ1v) is 22.1. The van der Waals surface area contributed by atoms with Gasteiger partial charge in [-0.05, 0) is 129 Å². The second-order valence-electron chi connectivity index (χ2n) is 16.8. The highest BCUT2D eigenvalue weighted by Crippen LogP contribution is 2.39. The lowest BCUT2D eigenvalue weighted by Crippen LogP contribution is -2.01. The molecule has 0 unspecified atom stereocenters. The van der Waals surface area contributed by atoms with Crippen molar-refractivity contribution in [3.8, 4) is 50.2 Å². The molecule has 0 fully saturated rings. The molecule has 2 aliphatic carbocycles. The third-order valence-electron chi connectivity index (χ3n) is 13.1. The number of nitrogens with zero attached hydrogens (tertiary/aromatic N) is 2. The van der Waals surface area contributed by atoms with Gasteiger partial charge in [-0.2, -0.15) is 0 Å². The van der Waals surface area contributed by atoms with Gasteiger partial charge in [0, 0.05) is 39.7 Å². The van der Waals surface area contributed by atoms with Crippen LogP contribution < -0.4 is 0 Å². The number of allylic oxidation sites excluding steroid dienone is 7. The van der Waals surface area contributed by atoms with E-state index in [1.165, 1.54) is 111 Å². The lowest BCUT2D eigenvalue weighted by atomic mass is 9.94. The number of rotatable bonds is 7. The van der Waals surface area contributed by atoms with Gasteiger partial charge in [0.25, 0.3) is 0 Å². The maximum absolute atomic E-state index is 2.49. The van der Waals surface area contributed by atoms with Crippen molar-refractivity contribution >= 4 is 50.1 Å². The van der Waals surface area contributed by atoms with Gasteiger partial charge in [-0.15, -0.1) is 0 Å². The van der Waals surface area contributed by atoms with Crippen molar-refractivity contribution in [1.82, 2.24) is 9.13 Å². The molecule has 2 heteroatoms. The van der Waals surface area contributed by atoms with Crippen LogP contribution >= 0.6 is 0 Å². The molecule has 10 aromatic rings. The molecule has 0 amide bonds. The largest absolute Gasteiger partial charge is 0.313 e. The zero-order chi connectivity index (χ0) is 41.7. The number of fused-ring (bicyclic) bond motifs is 6. The van der Waals surface area contributed by atoms with Gasteiger partial charge in [0.1, 0.15) is 0 Å². The van der Waals surface area contributed by atoms with Crippen LogP contribution in [0, 0.1) is 0 Å². The molecule has 63 heavy (non-hydrogen) atoms. The SMILES string of the molecule is C1=CC(c2ccc(-c3cccc(-c4cccc(-c5cccc(-c6ccccc6)c5)c4)c3)cc2)=CCC(n2c3ccccc3c3ccc(-n4c5c(c6ccccc64)CCC=C5)cc32)=C1. The van der Waals surface area contributed by atoms with Crippen molar-refractivity contribution < 1.29 is 0 Å². The zero-order valence-corrected chi connectivity index (χ0v) is 35.0. The van der Waals surface area contributed by atoms with E-state index in [-0.39, 0.29) is 0 Å². The standard InChI is InChI=1S/C61H44N2/c1-2-14-42(15-3-1)46-17-10-19-48(38-46)50-21-12-22-51(40-50)49-20-11-18-47(39-49)45-32-30-44(31-33-45)43-16-13-23-52(35-34-43)62-58-27-7-6-26-56(58)57-37-36-53(41-61(57)62)63-59-28-8-4-24-54(59)55-25-5-9-29-60(55)63/h1-4,6-24,26-34,36-41H,5,25,35H2. The summed E-state index contributed by atoms with van der Waals surface area (Å²) in [6, 6.07) is 71.1. The fourth-order valence-corrected chi connectivity index (χ4v) is 9.99. The molecule has 0 saturated heterocycles. The van der Waals surface area contributed by atoms with E-state index in [0.29, 0.717) is 0 Å². The van der Waals surface area contributed by atoms with Gasteiger partial charge in [0.05, 0.1) is 16.6 Å². The molecule has 2 aliphatic rings. The Labute approximate surface area is 368 Å². The molecule has 2 nitrogen and oxygen atoms in total. The van der Waals surface area contributed by atoms with Crippen LogP contribution in [0.4, 0.5) is 0 Å². The summed E-state index contributed by atoms with van der Waals surface area (Å²) in [7, 11) is 0. The Hall–Kier alpha value is -7.94. The van der Waals surface area contributed by atoms with Crippen molar-refractivity contribution in [3.05, 3.63) is 241 Å². The summed E-state index contributed by atoms with van der Waals surface area (Å²) in [5, 5.41) is 3.91. The number of hydrogen-bond acceptors (Lipinski definition) is 0. The monoisotopic (exact) mass is 804 g/mol. The summed E-state index contributed by atoms with van der Waals surface area (Å²) in [6.07, 6.45) is 16.8. The minimum Gasteiger partial charge on any atom is -0.313 e. The first kappa shape index (κ1) is 36.9. The molecule has 0 spiro atoms. The smallest absolute Gasteiger partial charge is 0.0558 e. The van der Waals surface area contributed by atoms with E-state index in [2.05, 4.69) is 240 Å². The minimum atomic E-state index is 0.810. The maximum Gasteiger partial charge on any atom is 0.0558 e. The Morgan fingerprint density at radius 3 is 1.60 bits per heavy atom. The van der Waals surface area contributed by atoms with E-state index < -0.39 is 0 Å². The van der Waals surface area contributed by atoms with Crippen molar-refractivity contribution in [1.29, 1.82) is 0 Å². The number of para-hydroxylation sites is 2. The molecule has 0 aliphatic heterocycles. The molecular formula is C61H44N2. The second kappa shape index (κ2) is 15.5. The highest BCUT2D eigenvalue weighted by Gasteiger charge is 2.20. The molecule has 0 saturated carbocycles. The number of aryl methyl sites for hydroxylation is 1. The average Bonchev–Trinajstić information content (AvgIpc) is 3.75. The quantitative estimate of drug-likeness (QED) is 0.152. The summed E-state index contributed by atoms with van der Waals surface area (Å²) in [4.78, 5) is 0. The van der Waals surface area contributed by atoms with Crippen molar-refractivity contribution in [2.24, 2.45) is 0 Å². The van der Waals surface area contributed by atoms with Gasteiger partial charge in [-0.3, -0.25) is 0 Å². The van der Waals surface area contributed by atoms with E-state index in [0.717, 1.165) is 19.3 Å². The fourth-order valence-electron chi connectivity index (χ4n) is 9.99. The zero-order valence-electron chi connectivity index (χ0n) is 35.0. The first-order chi connectivity index (χ1) is 31.2. The van der Waals surface area contributed by atoms with Gasteiger partial charge in [0.15, 0.2) is 0 Å². The van der Waals surface area contributed by atoms with E-state index in [1.54, 1.807) is 0 Å². The predicted octanol–water partition coefficient (Wildman–Crippen LogP) is 16.3. The molecule has 0 radical (unpaired) electrons. The highest BCUT2D eigenvalue weighted by atomic mass is 15.0. The normalized spacial score (nSPS) is 13.6. The van der Waals surface area contributed by atoms with Gasteiger partial charge in [-0.1, -0.05) is 176 Å². The molecule has 0 N–H and O–H groups in total. The van der Waals surface area contributed by atoms with Gasteiger partial charge < -0.3 is 9.13 Å². The second-order valence-corrected chi connectivity index (χ2v) is 16.8. The number of hydrogen-bond donors (Lipinski definition) is 0. The Morgan fingerprint density at radius 1 is 0.381 bits per heavy atom. The molecule has 8 aromatic carbocycles. The Morgan fingerprint density at radius 2 is 0.921 bits per heavy atom. The topological polar surface area (TPSA) is 9.86 Å². The van der Waals surface area contributed by atoms with Crippen LogP contribution in [-0.4, -0.2) is 9.13 Å². The summed E-state index contributed by atoms with van der Waals surface area (Å²) in [5.74, 6) is 0. The molecule has 12 rings (SSSR count). The van der Waals surface area contributed by atoms with Gasteiger partial charge in [-0.25, -0.2) is 0 Å². The Kier molecular flexibility index (Phi) is 9.08. The lowest BCUT2D eigenvalue weighted by Gasteiger charge is -2.14. The predicted molar refractivity (Wildman–Crippen MR) is 268 cm³/mol. The minimum absolute atomic E-state index is 0.810. The van der Waals surface area contributed by atoms with Crippen LogP contribution in [0.5, 0.6) is 0 Å². The highest BCUT2D eigenvalue weighted by molar-refractivity contribution is 6.11. The maximum atomic E-state index is 2.49. The summed E-state index contributed by atoms with van der Waals surface area (Å²) >= 11 is 0. The van der Waals surface area contributed by atoms with E-state index in [9.17, 15) is 0 Å². The number of benzene rings is 8. The fraction of sp³-hybridized carbons (Fsp3) is 0.0492. The molecule has 298 valence electrons. The van der Waals surface area contributed by atoms with Crippen LogP contribution in [0.2, 0.25) is 0 Å². The molecule has 2 heterocycles. The first-order valence-electron chi connectivity index (χ1n) is 22.1. The third kappa shape index (κ3) is 6.59. The van der Waals surface area contributed by atoms with E-state index in [4.69, 9.17) is 0 Å². The summed E-state index contributed by atoms with van der Waals surface area (Å²) < 4.78 is 4.95. The lowest BCUT2D eigenvalue weighted by molar-refractivity contribution is 0.968. The summed E-state index contributed by atoms with van der Waals surface area (Å²) in [5.41, 5.74) is 21.1. The summed E-state index contributed by atoms with van der Waals surface area (Å²) in [6.45, 7) is 0. The van der Waals surface area contributed by atoms with E-state index in [1.807, 2.05) is 0 Å². The molecule has 2 aromatic heterocycles. The van der Waals surface area contributed by atoms with Crippen LogP contribution in [-0.2, 0) is 6.42 Å². The average molecular weight is 805 g/mol. The van der Waals surface area contributed by atoms with E-state index >= 15 is 0 Å². The molecule has 0 bridgehead atoms. The van der Waals surface area contributed by atoms with Crippen LogP contribution in [0.25, 0.3) is 100 Å². The number of aromatic nitrogens is 2. The Balaban J connectivity index is 0.830. The third-order valence-corrected chi connectivity index (χ3v) is 13.1. The molecule has 0 atom stereocenters.